The van der Waals surface area contributed by atoms with E-state index in [1.165, 1.54) is 0 Å². The van der Waals surface area contributed by atoms with Gasteiger partial charge in [0.05, 0.1) is 19.5 Å². The molecule has 0 aliphatic heterocycles. The summed E-state index contributed by atoms with van der Waals surface area (Å²) < 4.78 is 37.2. The largest absolute Gasteiger partial charge is 0.493 e. The van der Waals surface area contributed by atoms with Gasteiger partial charge in [-0.05, 0) is 38.0 Å². The van der Waals surface area contributed by atoms with E-state index in [0.29, 0.717) is 24.5 Å². The van der Waals surface area contributed by atoms with Crippen LogP contribution in [0.2, 0.25) is 0 Å². The Morgan fingerprint density at radius 3 is 2.25 bits per heavy atom. The van der Waals surface area contributed by atoms with Crippen LogP contribution in [0.3, 0.4) is 0 Å². The van der Waals surface area contributed by atoms with E-state index in [1.54, 1.807) is 28.1 Å². The van der Waals surface area contributed by atoms with Gasteiger partial charge in [0, 0.05) is 11.0 Å². The third kappa shape index (κ3) is 4.36. The zero-order valence-corrected chi connectivity index (χ0v) is 14.5. The number of benzene rings is 1. The van der Waals surface area contributed by atoms with E-state index in [1.807, 2.05) is 12.1 Å². The normalized spacial score (nSPS) is 11.7. The van der Waals surface area contributed by atoms with Crippen molar-refractivity contribution in [1.29, 1.82) is 0 Å². The predicted octanol–water partition coefficient (Wildman–Crippen LogP) is 2.34. The SMILES string of the molecule is COc1cc(Br)c(CCNS(=O)(=O)C(C)C)cc1OC. The molecule has 0 spiro atoms. The quantitative estimate of drug-likeness (QED) is 0.805. The van der Waals surface area contributed by atoms with Crippen molar-refractivity contribution in [3.8, 4) is 11.5 Å². The Kier molecular flexibility index (Phi) is 6.29. The van der Waals surface area contributed by atoms with Gasteiger partial charge in [0.15, 0.2) is 11.5 Å². The highest BCUT2D eigenvalue weighted by atomic mass is 79.9. The molecule has 0 radical (unpaired) electrons. The molecule has 0 fully saturated rings. The molecule has 1 aromatic carbocycles. The van der Waals surface area contributed by atoms with Gasteiger partial charge >= 0.3 is 0 Å². The summed E-state index contributed by atoms with van der Waals surface area (Å²) in [6, 6.07) is 3.65. The molecule has 0 aliphatic carbocycles. The number of methoxy groups -OCH3 is 2. The van der Waals surface area contributed by atoms with Crippen LogP contribution in [0.5, 0.6) is 11.5 Å². The second kappa shape index (κ2) is 7.28. The Hall–Kier alpha value is -0.790. The molecule has 0 amide bonds. The minimum absolute atomic E-state index is 0.342. The van der Waals surface area contributed by atoms with E-state index in [9.17, 15) is 8.42 Å². The van der Waals surface area contributed by atoms with Crippen molar-refractivity contribution in [2.75, 3.05) is 20.8 Å². The van der Waals surface area contributed by atoms with E-state index in [2.05, 4.69) is 20.7 Å². The van der Waals surface area contributed by atoms with Crippen LogP contribution in [-0.2, 0) is 16.4 Å². The number of ether oxygens (including phenoxy) is 2. The molecule has 20 heavy (non-hydrogen) atoms. The van der Waals surface area contributed by atoms with Gasteiger partial charge in [-0.3, -0.25) is 0 Å². The van der Waals surface area contributed by atoms with Gasteiger partial charge in [0.2, 0.25) is 10.0 Å². The molecule has 0 aromatic heterocycles. The van der Waals surface area contributed by atoms with Crippen molar-refractivity contribution >= 4 is 26.0 Å². The molecule has 0 saturated carbocycles. The summed E-state index contributed by atoms with van der Waals surface area (Å²) in [7, 11) is -0.0943. The van der Waals surface area contributed by atoms with Crippen molar-refractivity contribution in [3.05, 3.63) is 22.2 Å². The maximum atomic E-state index is 11.7. The molecule has 0 saturated heterocycles. The van der Waals surface area contributed by atoms with Crippen molar-refractivity contribution in [2.45, 2.75) is 25.5 Å². The van der Waals surface area contributed by atoms with Crippen LogP contribution in [0.4, 0.5) is 0 Å². The topological polar surface area (TPSA) is 64.6 Å². The zero-order chi connectivity index (χ0) is 15.3. The molecule has 0 bridgehead atoms. The van der Waals surface area contributed by atoms with E-state index >= 15 is 0 Å². The van der Waals surface area contributed by atoms with Crippen LogP contribution in [-0.4, -0.2) is 34.4 Å². The average Bonchev–Trinajstić information content (AvgIpc) is 2.39. The molecule has 1 N–H and O–H groups in total. The first-order chi connectivity index (χ1) is 9.31. The zero-order valence-electron chi connectivity index (χ0n) is 12.1. The lowest BCUT2D eigenvalue weighted by atomic mass is 10.1. The fourth-order valence-electron chi connectivity index (χ4n) is 1.58. The van der Waals surface area contributed by atoms with E-state index < -0.39 is 15.3 Å². The van der Waals surface area contributed by atoms with Gasteiger partial charge in [-0.1, -0.05) is 15.9 Å². The summed E-state index contributed by atoms with van der Waals surface area (Å²) in [5, 5.41) is -0.434. The minimum Gasteiger partial charge on any atom is -0.493 e. The van der Waals surface area contributed by atoms with Crippen molar-refractivity contribution < 1.29 is 17.9 Å². The summed E-state index contributed by atoms with van der Waals surface area (Å²) in [5.74, 6) is 1.25. The maximum absolute atomic E-state index is 11.7. The highest BCUT2D eigenvalue weighted by Gasteiger charge is 2.15. The molecular formula is C13H20BrNO4S. The van der Waals surface area contributed by atoms with Gasteiger partial charge < -0.3 is 9.47 Å². The fraction of sp³-hybridized carbons (Fsp3) is 0.538. The highest BCUT2D eigenvalue weighted by Crippen LogP contribution is 2.33. The fourth-order valence-corrected chi connectivity index (χ4v) is 2.82. The summed E-state index contributed by atoms with van der Waals surface area (Å²) in [6.45, 7) is 3.64. The average molecular weight is 366 g/mol. The summed E-state index contributed by atoms with van der Waals surface area (Å²) in [5.41, 5.74) is 0.953. The number of hydrogen-bond acceptors (Lipinski definition) is 4. The monoisotopic (exact) mass is 365 g/mol. The summed E-state index contributed by atoms with van der Waals surface area (Å²) in [4.78, 5) is 0. The predicted molar refractivity (Wildman–Crippen MR) is 83.0 cm³/mol. The number of hydrogen-bond donors (Lipinski definition) is 1. The number of halogens is 1. The molecule has 0 atom stereocenters. The Bertz CT molecular complexity index is 558. The molecule has 1 aromatic rings. The standard InChI is InChI=1S/C13H20BrNO4S/c1-9(2)20(16,17)15-6-5-10-7-12(18-3)13(19-4)8-11(10)14/h7-9,15H,5-6H2,1-4H3. The Morgan fingerprint density at radius 1 is 1.20 bits per heavy atom. The minimum atomic E-state index is -3.23. The molecule has 5 nitrogen and oxygen atoms in total. The van der Waals surface area contributed by atoms with Gasteiger partial charge in [-0.15, -0.1) is 0 Å². The number of sulfonamides is 1. The van der Waals surface area contributed by atoms with E-state index in [0.717, 1.165) is 10.0 Å². The Morgan fingerprint density at radius 2 is 1.75 bits per heavy atom. The van der Waals surface area contributed by atoms with Gasteiger partial charge in [0.1, 0.15) is 0 Å². The van der Waals surface area contributed by atoms with Crippen LogP contribution in [0, 0.1) is 0 Å². The second-order valence-electron chi connectivity index (χ2n) is 4.54. The maximum Gasteiger partial charge on any atom is 0.213 e. The van der Waals surface area contributed by atoms with Crippen molar-refractivity contribution in [3.63, 3.8) is 0 Å². The van der Waals surface area contributed by atoms with E-state index in [4.69, 9.17) is 9.47 Å². The summed E-state index contributed by atoms with van der Waals surface area (Å²) >= 11 is 3.45. The molecule has 7 heteroatoms. The molecule has 114 valence electrons. The molecular weight excluding hydrogens is 346 g/mol. The second-order valence-corrected chi connectivity index (χ2v) is 7.71. The van der Waals surface area contributed by atoms with Gasteiger partial charge in [-0.25, -0.2) is 13.1 Å². The smallest absolute Gasteiger partial charge is 0.213 e. The number of nitrogens with one attached hydrogen (secondary N) is 1. The lowest BCUT2D eigenvalue weighted by molar-refractivity contribution is 0.354. The van der Waals surface area contributed by atoms with Crippen molar-refractivity contribution in [1.82, 2.24) is 4.72 Å². The van der Waals surface area contributed by atoms with E-state index in [-0.39, 0.29) is 0 Å². The molecule has 0 unspecified atom stereocenters. The lowest BCUT2D eigenvalue weighted by Crippen LogP contribution is -2.32. The van der Waals surface area contributed by atoms with Crippen LogP contribution in [0.15, 0.2) is 16.6 Å². The van der Waals surface area contributed by atoms with Crippen LogP contribution >= 0.6 is 15.9 Å². The lowest BCUT2D eigenvalue weighted by Gasteiger charge is -2.13. The Labute approximate surface area is 128 Å². The van der Waals surface area contributed by atoms with Gasteiger partial charge in [-0.2, -0.15) is 0 Å². The highest BCUT2D eigenvalue weighted by molar-refractivity contribution is 9.10. The van der Waals surface area contributed by atoms with Crippen molar-refractivity contribution in [2.24, 2.45) is 0 Å². The third-order valence-electron chi connectivity index (χ3n) is 2.87. The number of rotatable bonds is 7. The van der Waals surface area contributed by atoms with Gasteiger partial charge in [0.25, 0.3) is 0 Å². The summed E-state index contributed by atoms with van der Waals surface area (Å²) in [6.07, 6.45) is 0.562. The first-order valence-electron chi connectivity index (χ1n) is 6.20. The first kappa shape index (κ1) is 17.3. The van der Waals surface area contributed by atoms with Crippen LogP contribution in [0.1, 0.15) is 19.4 Å². The van der Waals surface area contributed by atoms with Crippen LogP contribution < -0.4 is 14.2 Å². The Balaban J connectivity index is 2.79. The first-order valence-corrected chi connectivity index (χ1v) is 8.54. The van der Waals surface area contributed by atoms with Crippen LogP contribution in [0.25, 0.3) is 0 Å². The molecule has 0 heterocycles. The molecule has 1 rings (SSSR count). The molecule has 0 aliphatic rings. The third-order valence-corrected chi connectivity index (χ3v) is 5.46.